The van der Waals surface area contributed by atoms with E-state index in [0.717, 1.165) is 6.07 Å². The maximum atomic E-state index is 12.5. The molecule has 0 fully saturated rings. The Bertz CT molecular complexity index is 384. The first kappa shape index (κ1) is 11.8. The number of hydrogen-bond acceptors (Lipinski definition) is 2. The van der Waals surface area contributed by atoms with E-state index in [0.29, 0.717) is 0 Å². The van der Waals surface area contributed by atoms with E-state index in [9.17, 15) is 13.2 Å². The normalized spacial score (nSPS) is 13.3. The lowest BCUT2D eigenvalue weighted by Gasteiger charge is -2.13. The fourth-order valence-corrected chi connectivity index (χ4v) is 1.32. The van der Waals surface area contributed by atoms with Gasteiger partial charge in [-0.2, -0.15) is 18.4 Å². The maximum Gasteiger partial charge on any atom is 0.418 e. The summed E-state index contributed by atoms with van der Waals surface area (Å²) in [7, 11) is 0. The molecule has 0 saturated heterocycles. The van der Waals surface area contributed by atoms with Crippen molar-refractivity contribution in [3.05, 3.63) is 29.6 Å². The van der Waals surface area contributed by atoms with Crippen LogP contribution < -0.4 is 0 Å². The van der Waals surface area contributed by atoms with Crippen molar-refractivity contribution in [1.29, 1.82) is 5.26 Å². The number of nitrogens with zero attached hydrogens (tertiary/aromatic N) is 2. The van der Waals surface area contributed by atoms with Crippen molar-refractivity contribution >= 4 is 11.6 Å². The van der Waals surface area contributed by atoms with Crippen LogP contribution in [0.15, 0.2) is 18.3 Å². The van der Waals surface area contributed by atoms with Crippen LogP contribution in [0.5, 0.6) is 0 Å². The number of nitriles is 1. The van der Waals surface area contributed by atoms with E-state index in [1.54, 1.807) is 6.07 Å². The molecule has 1 aromatic rings. The smallest absolute Gasteiger partial charge is 0.259 e. The number of pyridine rings is 1. The third kappa shape index (κ3) is 2.60. The van der Waals surface area contributed by atoms with Crippen LogP contribution in [0.25, 0.3) is 0 Å². The number of rotatable bonds is 2. The molecule has 80 valence electrons. The maximum absolute atomic E-state index is 12.5. The number of halogens is 4. The van der Waals surface area contributed by atoms with Crippen molar-refractivity contribution < 1.29 is 13.2 Å². The van der Waals surface area contributed by atoms with Gasteiger partial charge in [0, 0.05) is 12.1 Å². The van der Waals surface area contributed by atoms with Crippen LogP contribution in [0.3, 0.4) is 0 Å². The summed E-state index contributed by atoms with van der Waals surface area (Å²) in [4.78, 5) is 3.56. The predicted octanol–water partition coefficient (Wildman–Crippen LogP) is 2.95. The highest BCUT2D eigenvalue weighted by atomic mass is 35.5. The summed E-state index contributed by atoms with van der Waals surface area (Å²) in [5.41, 5.74) is -1.22. The molecule has 0 aliphatic carbocycles. The second-order valence-electron chi connectivity index (χ2n) is 2.77. The summed E-state index contributed by atoms with van der Waals surface area (Å²) in [5, 5.41) is 8.63. The first-order valence-corrected chi connectivity index (χ1v) is 4.52. The molecule has 0 bridgehead atoms. The Balaban J connectivity index is 3.24. The Morgan fingerprint density at radius 3 is 2.67 bits per heavy atom. The van der Waals surface area contributed by atoms with Gasteiger partial charge in [0.1, 0.15) is 5.92 Å². The van der Waals surface area contributed by atoms with Gasteiger partial charge < -0.3 is 0 Å². The lowest BCUT2D eigenvalue weighted by molar-refractivity contribution is -0.138. The minimum atomic E-state index is -4.51. The zero-order chi connectivity index (χ0) is 11.5. The van der Waals surface area contributed by atoms with Gasteiger partial charge in [-0.3, -0.25) is 4.98 Å². The average molecular weight is 235 g/mol. The molecule has 0 amide bonds. The standard InChI is InChI=1S/C9H6ClF3N2/c10-4-6(5-14)8-7(9(11,12)13)2-1-3-15-8/h1-3,6H,4H2. The molecule has 1 rings (SSSR count). The molecule has 0 spiro atoms. The van der Waals surface area contributed by atoms with Gasteiger partial charge in [-0.25, -0.2) is 0 Å². The number of aromatic nitrogens is 1. The van der Waals surface area contributed by atoms with E-state index in [1.807, 2.05) is 0 Å². The lowest BCUT2D eigenvalue weighted by atomic mass is 10.0. The molecule has 0 radical (unpaired) electrons. The fraction of sp³-hybridized carbons (Fsp3) is 0.333. The Morgan fingerprint density at radius 2 is 2.20 bits per heavy atom. The zero-order valence-corrected chi connectivity index (χ0v) is 8.18. The zero-order valence-electron chi connectivity index (χ0n) is 7.42. The highest BCUT2D eigenvalue weighted by Gasteiger charge is 2.35. The summed E-state index contributed by atoms with van der Waals surface area (Å²) in [5.74, 6) is -1.25. The van der Waals surface area contributed by atoms with Crippen molar-refractivity contribution in [2.45, 2.75) is 12.1 Å². The molecular weight excluding hydrogens is 229 g/mol. The van der Waals surface area contributed by atoms with Crippen LogP contribution in [-0.2, 0) is 6.18 Å². The molecule has 0 aliphatic rings. The largest absolute Gasteiger partial charge is 0.418 e. The Morgan fingerprint density at radius 1 is 1.53 bits per heavy atom. The summed E-state index contributed by atoms with van der Waals surface area (Å²) in [6.45, 7) is 0. The molecule has 1 aromatic heterocycles. The van der Waals surface area contributed by atoms with Crippen LogP contribution >= 0.6 is 11.6 Å². The fourth-order valence-electron chi connectivity index (χ4n) is 1.10. The summed E-state index contributed by atoms with van der Waals surface area (Å²) in [6.07, 6.45) is -3.30. The van der Waals surface area contributed by atoms with E-state index in [1.165, 1.54) is 12.3 Å². The minimum Gasteiger partial charge on any atom is -0.259 e. The van der Waals surface area contributed by atoms with Crippen LogP contribution in [0.4, 0.5) is 13.2 Å². The van der Waals surface area contributed by atoms with Crippen LogP contribution in [0.2, 0.25) is 0 Å². The predicted molar refractivity (Wildman–Crippen MR) is 48.3 cm³/mol. The van der Waals surface area contributed by atoms with Gasteiger partial charge in [0.25, 0.3) is 0 Å². The van der Waals surface area contributed by atoms with Crippen LogP contribution in [-0.4, -0.2) is 10.9 Å². The van der Waals surface area contributed by atoms with Gasteiger partial charge in [-0.05, 0) is 12.1 Å². The molecule has 2 nitrogen and oxygen atoms in total. The molecule has 1 atom stereocenters. The van der Waals surface area contributed by atoms with Crippen molar-refractivity contribution in [2.24, 2.45) is 0 Å². The van der Waals surface area contributed by atoms with E-state index in [4.69, 9.17) is 16.9 Å². The van der Waals surface area contributed by atoms with Gasteiger partial charge in [0.05, 0.1) is 17.3 Å². The topological polar surface area (TPSA) is 36.7 Å². The highest BCUT2D eigenvalue weighted by Crippen LogP contribution is 2.34. The van der Waals surface area contributed by atoms with Crippen molar-refractivity contribution in [3.8, 4) is 6.07 Å². The van der Waals surface area contributed by atoms with Crippen molar-refractivity contribution in [2.75, 3.05) is 5.88 Å². The third-order valence-electron chi connectivity index (χ3n) is 1.78. The van der Waals surface area contributed by atoms with Crippen LogP contribution in [0, 0.1) is 11.3 Å². The van der Waals surface area contributed by atoms with Gasteiger partial charge in [-0.15, -0.1) is 11.6 Å². The molecule has 0 saturated carbocycles. The average Bonchev–Trinajstić information content (AvgIpc) is 2.19. The Hall–Kier alpha value is -1.28. The van der Waals surface area contributed by atoms with E-state index >= 15 is 0 Å². The summed E-state index contributed by atoms with van der Waals surface area (Å²) < 4.78 is 37.5. The van der Waals surface area contributed by atoms with E-state index in [2.05, 4.69) is 4.98 Å². The third-order valence-corrected chi connectivity index (χ3v) is 2.09. The Labute approximate surface area is 89.3 Å². The quantitative estimate of drug-likeness (QED) is 0.738. The monoisotopic (exact) mass is 234 g/mol. The molecule has 0 aromatic carbocycles. The molecule has 15 heavy (non-hydrogen) atoms. The molecule has 6 heteroatoms. The molecule has 1 heterocycles. The highest BCUT2D eigenvalue weighted by molar-refractivity contribution is 6.18. The molecular formula is C9H6ClF3N2. The van der Waals surface area contributed by atoms with E-state index in [-0.39, 0.29) is 11.6 Å². The van der Waals surface area contributed by atoms with Crippen molar-refractivity contribution in [3.63, 3.8) is 0 Å². The van der Waals surface area contributed by atoms with Gasteiger partial charge >= 0.3 is 6.18 Å². The van der Waals surface area contributed by atoms with Crippen molar-refractivity contribution in [1.82, 2.24) is 4.98 Å². The second-order valence-corrected chi connectivity index (χ2v) is 3.08. The van der Waals surface area contributed by atoms with Gasteiger partial charge in [0.15, 0.2) is 0 Å². The second kappa shape index (κ2) is 4.49. The van der Waals surface area contributed by atoms with Crippen LogP contribution in [0.1, 0.15) is 17.2 Å². The number of hydrogen-bond donors (Lipinski definition) is 0. The molecule has 1 unspecified atom stereocenters. The number of alkyl halides is 4. The lowest BCUT2D eigenvalue weighted by Crippen LogP contribution is -2.13. The van der Waals surface area contributed by atoms with Gasteiger partial charge in [0.2, 0.25) is 0 Å². The first-order chi connectivity index (χ1) is 7.00. The molecule has 0 N–H and O–H groups in total. The molecule has 0 aliphatic heterocycles. The first-order valence-electron chi connectivity index (χ1n) is 3.98. The van der Waals surface area contributed by atoms with E-state index < -0.39 is 17.7 Å². The Kier molecular flexibility index (Phi) is 3.53. The summed E-state index contributed by atoms with van der Waals surface area (Å²) in [6, 6.07) is 3.75. The van der Waals surface area contributed by atoms with Gasteiger partial charge in [-0.1, -0.05) is 0 Å². The SMILES string of the molecule is N#CC(CCl)c1ncccc1C(F)(F)F. The summed E-state index contributed by atoms with van der Waals surface area (Å²) >= 11 is 5.39. The minimum absolute atomic E-state index is 0.212.